The molecule has 5 rings (SSSR count). The molecule has 0 bridgehead atoms. The second-order valence-corrected chi connectivity index (χ2v) is 10.4. The van der Waals surface area contributed by atoms with E-state index in [1.54, 1.807) is 29.3 Å². The lowest BCUT2D eigenvalue weighted by molar-refractivity contribution is -0.136. The fourth-order valence-electron chi connectivity index (χ4n) is 5.26. The molecule has 198 valence electrons. The van der Waals surface area contributed by atoms with Gasteiger partial charge in [-0.1, -0.05) is 41.4 Å². The van der Waals surface area contributed by atoms with Crippen molar-refractivity contribution in [2.45, 2.75) is 38.3 Å². The topological polar surface area (TPSA) is 97.5 Å². The van der Waals surface area contributed by atoms with Crippen molar-refractivity contribution in [2.75, 3.05) is 19.6 Å². The molecule has 2 aliphatic heterocycles. The van der Waals surface area contributed by atoms with Crippen LogP contribution in [-0.2, 0) is 36.0 Å². The summed E-state index contributed by atoms with van der Waals surface area (Å²) in [5.74, 6) is -0.165. The van der Waals surface area contributed by atoms with E-state index in [1.165, 1.54) is 17.8 Å². The zero-order valence-electron chi connectivity index (χ0n) is 20.9. The van der Waals surface area contributed by atoms with Crippen molar-refractivity contribution in [3.05, 3.63) is 84.9 Å². The Labute approximate surface area is 229 Å². The highest BCUT2D eigenvalue weighted by atomic mass is 35.5. The number of nitrogens with zero attached hydrogens (tertiary/aromatic N) is 5. The van der Waals surface area contributed by atoms with Gasteiger partial charge in [-0.2, -0.15) is 0 Å². The lowest BCUT2D eigenvalue weighted by Crippen LogP contribution is -2.50. The Hall–Kier alpha value is -3.43. The molecule has 2 amide bonds. The van der Waals surface area contributed by atoms with E-state index >= 15 is 0 Å². The largest absolute Gasteiger partial charge is 0.341 e. The van der Waals surface area contributed by atoms with Crippen LogP contribution in [0.4, 0.5) is 0 Å². The number of amides is 2. The number of carbonyl (C=O) groups is 2. The maximum atomic E-state index is 13.2. The minimum Gasteiger partial charge on any atom is -0.341 e. The summed E-state index contributed by atoms with van der Waals surface area (Å²) < 4.78 is 2.19. The van der Waals surface area contributed by atoms with E-state index in [0.29, 0.717) is 44.5 Å². The molecule has 0 aliphatic carbocycles. The van der Waals surface area contributed by atoms with Crippen LogP contribution in [0.5, 0.6) is 0 Å². The predicted molar refractivity (Wildman–Crippen MR) is 144 cm³/mol. The zero-order valence-corrected chi connectivity index (χ0v) is 22.4. The molecule has 4 heterocycles. The smallest absolute Gasteiger partial charge is 0.331 e. The predicted octanol–water partition coefficient (Wildman–Crippen LogP) is 2.53. The Bertz CT molecular complexity index is 1520. The van der Waals surface area contributed by atoms with Gasteiger partial charge in [-0.3, -0.25) is 28.5 Å². The number of hydrogen-bond donors (Lipinski definition) is 0. The van der Waals surface area contributed by atoms with E-state index in [-0.39, 0.29) is 40.0 Å². The fraction of sp³-hybridized carbons (Fsp3) is 0.370. The van der Waals surface area contributed by atoms with Gasteiger partial charge in [0.15, 0.2) is 0 Å². The molecular formula is C27H27Cl2N5O4. The first-order valence-corrected chi connectivity index (χ1v) is 13.2. The molecule has 1 saturated heterocycles. The van der Waals surface area contributed by atoms with Crippen molar-refractivity contribution >= 4 is 35.0 Å². The first kappa shape index (κ1) is 26.2. The monoisotopic (exact) mass is 555 g/mol. The SMILES string of the molecule is Cn1c(=O)c(-c2cccc(Cl)c2Cl)cn(CC(=O)N2CCC(N3CCc4cccnc4CC3=O)CC2)c1=O. The standard InChI is InChI=1S/C27H27Cl2N5O4/c1-31-26(37)20(19-5-2-6-21(28)25(19)29)15-33(27(31)38)16-24(36)32-11-8-18(9-12-32)34-13-7-17-4-3-10-30-22(17)14-23(34)35/h2-6,10,15,18H,7-9,11-14,16H2,1H3. The average Bonchev–Trinajstić information content (AvgIpc) is 3.09. The van der Waals surface area contributed by atoms with Crippen LogP contribution in [0.1, 0.15) is 24.1 Å². The number of benzene rings is 1. The van der Waals surface area contributed by atoms with Gasteiger partial charge in [0.1, 0.15) is 6.54 Å². The van der Waals surface area contributed by atoms with Gasteiger partial charge >= 0.3 is 5.69 Å². The molecule has 0 saturated carbocycles. The second-order valence-electron chi connectivity index (χ2n) is 9.65. The van der Waals surface area contributed by atoms with Crippen LogP contribution in [-0.4, -0.2) is 61.4 Å². The third kappa shape index (κ3) is 5.00. The van der Waals surface area contributed by atoms with Crippen LogP contribution in [0.2, 0.25) is 10.0 Å². The minimum absolute atomic E-state index is 0.0534. The van der Waals surface area contributed by atoms with Crippen LogP contribution in [0.3, 0.4) is 0 Å². The van der Waals surface area contributed by atoms with Crippen molar-refractivity contribution in [1.29, 1.82) is 0 Å². The average molecular weight is 556 g/mol. The number of fused-ring (bicyclic) bond motifs is 1. The van der Waals surface area contributed by atoms with E-state index in [9.17, 15) is 19.2 Å². The van der Waals surface area contributed by atoms with Crippen molar-refractivity contribution in [3.63, 3.8) is 0 Å². The lowest BCUT2D eigenvalue weighted by atomic mass is 10.0. The van der Waals surface area contributed by atoms with Gasteiger partial charge in [0.2, 0.25) is 11.8 Å². The highest BCUT2D eigenvalue weighted by molar-refractivity contribution is 6.43. The zero-order chi connectivity index (χ0) is 27.0. The summed E-state index contributed by atoms with van der Waals surface area (Å²) in [7, 11) is 1.37. The summed E-state index contributed by atoms with van der Waals surface area (Å²) >= 11 is 12.4. The van der Waals surface area contributed by atoms with Gasteiger partial charge in [0, 0.05) is 50.7 Å². The molecule has 0 unspecified atom stereocenters. The molecule has 0 spiro atoms. The second kappa shape index (κ2) is 10.7. The molecular weight excluding hydrogens is 529 g/mol. The molecule has 2 aliphatic rings. The fourth-order valence-corrected chi connectivity index (χ4v) is 5.67. The van der Waals surface area contributed by atoms with Crippen molar-refractivity contribution in [2.24, 2.45) is 7.05 Å². The molecule has 3 aromatic rings. The summed E-state index contributed by atoms with van der Waals surface area (Å²) in [5, 5.41) is 0.484. The third-order valence-corrected chi connectivity index (χ3v) is 8.22. The number of aromatic nitrogens is 3. The molecule has 38 heavy (non-hydrogen) atoms. The number of likely N-dealkylation sites (tertiary alicyclic amines) is 1. The van der Waals surface area contributed by atoms with E-state index in [4.69, 9.17) is 23.2 Å². The molecule has 0 radical (unpaired) electrons. The molecule has 2 aromatic heterocycles. The van der Waals surface area contributed by atoms with E-state index in [2.05, 4.69) is 4.98 Å². The quantitative estimate of drug-likeness (QED) is 0.492. The molecule has 1 fully saturated rings. The molecule has 0 atom stereocenters. The van der Waals surface area contributed by atoms with Crippen molar-refractivity contribution in [3.8, 4) is 11.1 Å². The lowest BCUT2D eigenvalue weighted by Gasteiger charge is -2.38. The summed E-state index contributed by atoms with van der Waals surface area (Å²) in [6.45, 7) is 1.38. The van der Waals surface area contributed by atoms with E-state index in [0.717, 1.165) is 22.2 Å². The first-order valence-electron chi connectivity index (χ1n) is 12.5. The first-order chi connectivity index (χ1) is 18.2. The van der Waals surface area contributed by atoms with Crippen LogP contribution in [0.15, 0.2) is 52.3 Å². The Morgan fingerprint density at radius 1 is 1.03 bits per heavy atom. The maximum absolute atomic E-state index is 13.2. The summed E-state index contributed by atoms with van der Waals surface area (Å²) in [5.41, 5.74) is 1.40. The van der Waals surface area contributed by atoms with Gasteiger partial charge in [-0.05, 0) is 37.0 Å². The Morgan fingerprint density at radius 3 is 2.55 bits per heavy atom. The van der Waals surface area contributed by atoms with Crippen LogP contribution < -0.4 is 11.2 Å². The molecule has 11 heteroatoms. The van der Waals surface area contributed by atoms with Gasteiger partial charge in [0.25, 0.3) is 5.56 Å². The third-order valence-electron chi connectivity index (χ3n) is 7.40. The molecule has 1 aromatic carbocycles. The van der Waals surface area contributed by atoms with Crippen LogP contribution >= 0.6 is 23.2 Å². The number of rotatable bonds is 4. The van der Waals surface area contributed by atoms with Crippen molar-refractivity contribution < 1.29 is 9.59 Å². The summed E-state index contributed by atoms with van der Waals surface area (Å²) in [6, 6.07) is 8.88. The Morgan fingerprint density at radius 2 is 1.79 bits per heavy atom. The van der Waals surface area contributed by atoms with Gasteiger partial charge < -0.3 is 9.80 Å². The number of piperidine rings is 1. The highest BCUT2D eigenvalue weighted by Crippen LogP contribution is 2.31. The van der Waals surface area contributed by atoms with Crippen LogP contribution in [0.25, 0.3) is 11.1 Å². The number of pyridine rings is 1. The summed E-state index contributed by atoms with van der Waals surface area (Å²) in [6.07, 6.45) is 5.47. The van der Waals surface area contributed by atoms with Crippen molar-refractivity contribution in [1.82, 2.24) is 23.9 Å². The maximum Gasteiger partial charge on any atom is 0.331 e. The van der Waals surface area contributed by atoms with E-state index in [1.807, 2.05) is 17.0 Å². The minimum atomic E-state index is -0.594. The molecule has 9 nitrogen and oxygen atoms in total. The normalized spacial score (nSPS) is 16.3. The van der Waals surface area contributed by atoms with Gasteiger partial charge in [0.05, 0.1) is 27.7 Å². The Balaban J connectivity index is 1.28. The summed E-state index contributed by atoms with van der Waals surface area (Å²) in [4.78, 5) is 59.8. The highest BCUT2D eigenvalue weighted by Gasteiger charge is 2.31. The number of hydrogen-bond acceptors (Lipinski definition) is 5. The Kier molecular flexibility index (Phi) is 7.40. The number of halogens is 2. The van der Waals surface area contributed by atoms with Gasteiger partial charge in [-0.25, -0.2) is 4.79 Å². The number of carbonyl (C=O) groups excluding carboxylic acids is 2. The van der Waals surface area contributed by atoms with Crippen LogP contribution in [0, 0.1) is 0 Å². The van der Waals surface area contributed by atoms with E-state index < -0.39 is 11.2 Å². The molecule has 0 N–H and O–H groups in total. The van der Waals surface area contributed by atoms with Gasteiger partial charge in [-0.15, -0.1) is 0 Å².